The van der Waals surface area contributed by atoms with Gasteiger partial charge in [-0.15, -0.1) is 11.8 Å². The summed E-state index contributed by atoms with van der Waals surface area (Å²) in [6.45, 7) is 8.80. The van der Waals surface area contributed by atoms with Gasteiger partial charge in [0.2, 0.25) is 0 Å². The van der Waals surface area contributed by atoms with Gasteiger partial charge in [-0.05, 0) is 36.8 Å². The standard InChI is InChI=1S/C15H26N2S/c1-5-11(3)10-18-15-12(4)7-13(9-17-15)8-14(16)6-2/h7,9,11,14H,5-6,8,10,16H2,1-4H3. The summed E-state index contributed by atoms with van der Waals surface area (Å²) in [5.74, 6) is 1.91. The molecule has 102 valence electrons. The van der Waals surface area contributed by atoms with Gasteiger partial charge in [-0.1, -0.05) is 33.3 Å². The van der Waals surface area contributed by atoms with Gasteiger partial charge in [0.05, 0.1) is 5.03 Å². The van der Waals surface area contributed by atoms with Gasteiger partial charge in [0.1, 0.15) is 0 Å². The smallest absolute Gasteiger partial charge is 0.0989 e. The number of pyridine rings is 1. The second-order valence-electron chi connectivity index (χ2n) is 5.16. The summed E-state index contributed by atoms with van der Waals surface area (Å²) in [5, 5.41) is 1.17. The number of hydrogen-bond acceptors (Lipinski definition) is 3. The third-order valence-electron chi connectivity index (χ3n) is 3.31. The van der Waals surface area contributed by atoms with Gasteiger partial charge < -0.3 is 5.73 Å². The number of nitrogens with two attached hydrogens (primary N) is 1. The average molecular weight is 266 g/mol. The highest BCUT2D eigenvalue weighted by atomic mass is 32.2. The van der Waals surface area contributed by atoms with E-state index in [9.17, 15) is 0 Å². The van der Waals surface area contributed by atoms with Crippen LogP contribution in [-0.2, 0) is 6.42 Å². The minimum Gasteiger partial charge on any atom is -0.327 e. The first kappa shape index (κ1) is 15.5. The number of rotatable bonds is 7. The minimum atomic E-state index is 0.254. The molecule has 0 saturated carbocycles. The van der Waals surface area contributed by atoms with Crippen LogP contribution in [0.3, 0.4) is 0 Å². The number of nitrogens with zero attached hydrogens (tertiary/aromatic N) is 1. The fourth-order valence-electron chi connectivity index (χ4n) is 1.67. The van der Waals surface area contributed by atoms with Crippen LogP contribution in [0.4, 0.5) is 0 Å². The zero-order valence-electron chi connectivity index (χ0n) is 12.1. The molecular weight excluding hydrogens is 240 g/mol. The molecule has 1 rings (SSSR count). The summed E-state index contributed by atoms with van der Waals surface area (Å²) in [5.41, 5.74) is 8.52. The van der Waals surface area contributed by atoms with Crippen LogP contribution in [0.15, 0.2) is 17.3 Å². The van der Waals surface area contributed by atoms with Crippen LogP contribution in [0.25, 0.3) is 0 Å². The molecule has 0 aliphatic heterocycles. The molecule has 18 heavy (non-hydrogen) atoms. The molecule has 2 unspecified atom stereocenters. The van der Waals surface area contributed by atoms with E-state index in [4.69, 9.17) is 5.73 Å². The third-order valence-corrected chi connectivity index (χ3v) is 4.75. The van der Waals surface area contributed by atoms with Crippen molar-refractivity contribution in [2.75, 3.05) is 5.75 Å². The molecule has 0 fully saturated rings. The predicted octanol–water partition coefficient (Wildman–Crippen LogP) is 3.81. The van der Waals surface area contributed by atoms with E-state index in [1.807, 2.05) is 18.0 Å². The van der Waals surface area contributed by atoms with Gasteiger partial charge in [0.25, 0.3) is 0 Å². The highest BCUT2D eigenvalue weighted by Gasteiger charge is 2.07. The quantitative estimate of drug-likeness (QED) is 0.763. The molecule has 0 aliphatic rings. The van der Waals surface area contributed by atoms with E-state index in [-0.39, 0.29) is 6.04 Å². The van der Waals surface area contributed by atoms with Gasteiger partial charge in [-0.25, -0.2) is 4.98 Å². The lowest BCUT2D eigenvalue weighted by atomic mass is 10.1. The lowest BCUT2D eigenvalue weighted by Gasteiger charge is -2.12. The van der Waals surface area contributed by atoms with E-state index in [1.165, 1.54) is 22.6 Å². The van der Waals surface area contributed by atoms with Crippen molar-refractivity contribution in [2.45, 2.75) is 58.0 Å². The molecular formula is C15H26N2S. The second-order valence-corrected chi connectivity index (χ2v) is 6.17. The number of aryl methyl sites for hydroxylation is 1. The second kappa shape index (κ2) is 7.80. The molecule has 0 spiro atoms. The summed E-state index contributed by atoms with van der Waals surface area (Å²) in [7, 11) is 0. The lowest BCUT2D eigenvalue weighted by Crippen LogP contribution is -2.21. The topological polar surface area (TPSA) is 38.9 Å². The molecule has 2 atom stereocenters. The molecule has 1 heterocycles. The van der Waals surface area contributed by atoms with Crippen molar-refractivity contribution in [3.05, 3.63) is 23.4 Å². The van der Waals surface area contributed by atoms with Gasteiger partial charge in [0, 0.05) is 18.0 Å². The van der Waals surface area contributed by atoms with Crippen LogP contribution in [0.5, 0.6) is 0 Å². The molecule has 0 amide bonds. The Bertz CT molecular complexity index is 366. The Labute approximate surface area is 116 Å². The fraction of sp³-hybridized carbons (Fsp3) is 0.667. The Kier molecular flexibility index (Phi) is 6.72. The van der Waals surface area contributed by atoms with Crippen molar-refractivity contribution >= 4 is 11.8 Å². The van der Waals surface area contributed by atoms with E-state index in [1.54, 1.807) is 0 Å². The summed E-state index contributed by atoms with van der Waals surface area (Å²) in [6.07, 6.45) is 5.17. The van der Waals surface area contributed by atoms with E-state index in [0.717, 1.165) is 24.5 Å². The summed E-state index contributed by atoms with van der Waals surface area (Å²) in [4.78, 5) is 4.58. The Morgan fingerprint density at radius 1 is 1.33 bits per heavy atom. The molecule has 2 nitrogen and oxygen atoms in total. The molecule has 0 saturated heterocycles. The van der Waals surface area contributed by atoms with E-state index < -0.39 is 0 Å². The summed E-state index contributed by atoms with van der Waals surface area (Å²) >= 11 is 1.87. The summed E-state index contributed by atoms with van der Waals surface area (Å²) in [6, 6.07) is 2.49. The van der Waals surface area contributed by atoms with Crippen molar-refractivity contribution in [3.8, 4) is 0 Å². The number of hydrogen-bond donors (Lipinski definition) is 1. The number of thioether (sulfide) groups is 1. The van der Waals surface area contributed by atoms with Crippen LogP contribution < -0.4 is 5.73 Å². The molecule has 0 aromatic carbocycles. The van der Waals surface area contributed by atoms with Crippen molar-refractivity contribution in [1.29, 1.82) is 0 Å². The lowest BCUT2D eigenvalue weighted by molar-refractivity contribution is 0.636. The zero-order chi connectivity index (χ0) is 13.5. The highest BCUT2D eigenvalue weighted by molar-refractivity contribution is 7.99. The highest BCUT2D eigenvalue weighted by Crippen LogP contribution is 2.24. The molecule has 1 aromatic rings. The van der Waals surface area contributed by atoms with Gasteiger partial charge in [-0.3, -0.25) is 0 Å². The Morgan fingerprint density at radius 2 is 2.06 bits per heavy atom. The third kappa shape index (κ3) is 4.99. The average Bonchev–Trinajstić information content (AvgIpc) is 2.37. The van der Waals surface area contributed by atoms with Crippen LogP contribution >= 0.6 is 11.8 Å². The van der Waals surface area contributed by atoms with Crippen LogP contribution in [0.1, 0.15) is 44.7 Å². The zero-order valence-corrected chi connectivity index (χ0v) is 12.9. The van der Waals surface area contributed by atoms with E-state index >= 15 is 0 Å². The first-order chi connectivity index (χ1) is 8.56. The molecule has 0 bridgehead atoms. The van der Waals surface area contributed by atoms with E-state index in [2.05, 4.69) is 38.7 Å². The summed E-state index contributed by atoms with van der Waals surface area (Å²) < 4.78 is 0. The first-order valence-corrected chi connectivity index (χ1v) is 7.89. The van der Waals surface area contributed by atoms with Crippen LogP contribution in [0, 0.1) is 12.8 Å². The number of aromatic nitrogens is 1. The molecule has 1 aromatic heterocycles. The molecule has 0 radical (unpaired) electrons. The van der Waals surface area contributed by atoms with E-state index in [0.29, 0.717) is 0 Å². The normalized spacial score (nSPS) is 14.5. The molecule has 0 aliphatic carbocycles. The van der Waals surface area contributed by atoms with Gasteiger partial charge >= 0.3 is 0 Å². The maximum Gasteiger partial charge on any atom is 0.0989 e. The van der Waals surface area contributed by atoms with Crippen molar-refractivity contribution < 1.29 is 0 Å². The minimum absolute atomic E-state index is 0.254. The SMILES string of the molecule is CCC(C)CSc1ncc(CC(N)CC)cc1C. The Hall–Kier alpha value is -0.540. The molecule has 2 N–H and O–H groups in total. The first-order valence-electron chi connectivity index (χ1n) is 6.90. The van der Waals surface area contributed by atoms with Gasteiger partial charge in [-0.2, -0.15) is 0 Å². The Balaban J connectivity index is 2.62. The largest absolute Gasteiger partial charge is 0.327 e. The Morgan fingerprint density at radius 3 is 2.61 bits per heavy atom. The van der Waals surface area contributed by atoms with Crippen LogP contribution in [-0.4, -0.2) is 16.8 Å². The van der Waals surface area contributed by atoms with Gasteiger partial charge in [0.15, 0.2) is 0 Å². The van der Waals surface area contributed by atoms with Crippen LogP contribution in [0.2, 0.25) is 0 Å². The van der Waals surface area contributed by atoms with Crippen molar-refractivity contribution in [3.63, 3.8) is 0 Å². The monoisotopic (exact) mass is 266 g/mol. The predicted molar refractivity (Wildman–Crippen MR) is 81.1 cm³/mol. The van der Waals surface area contributed by atoms with Crippen molar-refractivity contribution in [2.24, 2.45) is 11.7 Å². The maximum atomic E-state index is 5.98. The van der Waals surface area contributed by atoms with Crippen molar-refractivity contribution in [1.82, 2.24) is 4.98 Å². The molecule has 3 heteroatoms. The fourth-order valence-corrected chi connectivity index (χ4v) is 2.76. The maximum absolute atomic E-state index is 5.98.